The molecule has 53 heavy (non-hydrogen) atoms. The molecular weight excluding hydrogens is 687 g/mol. The Morgan fingerprint density at radius 2 is 1.23 bits per heavy atom. The zero-order chi connectivity index (χ0) is 37.0. The molecule has 0 saturated heterocycles. The first kappa shape index (κ1) is 35.5. The van der Waals surface area contributed by atoms with E-state index in [1.807, 2.05) is 53.8 Å². The number of benzene rings is 1. The van der Waals surface area contributed by atoms with E-state index in [9.17, 15) is 18.0 Å². The van der Waals surface area contributed by atoms with Gasteiger partial charge in [0, 0.05) is 75.9 Å². The highest BCUT2D eigenvalue weighted by atomic mass is 32.2. The first-order valence-electron chi connectivity index (χ1n) is 19.3. The molecule has 3 aliphatic carbocycles. The van der Waals surface area contributed by atoms with Gasteiger partial charge in [0.1, 0.15) is 11.4 Å². The minimum atomic E-state index is -3.58. The lowest BCUT2D eigenvalue weighted by molar-refractivity contribution is 0.0684. The largest absolute Gasteiger partial charge is 0.333 e. The molecule has 0 radical (unpaired) electrons. The summed E-state index contributed by atoms with van der Waals surface area (Å²) >= 11 is 0. The van der Waals surface area contributed by atoms with E-state index in [1.54, 1.807) is 24.4 Å². The van der Waals surface area contributed by atoms with Crippen LogP contribution in [0.4, 0.5) is 0 Å². The van der Waals surface area contributed by atoms with Crippen LogP contribution < -0.4 is 0 Å². The van der Waals surface area contributed by atoms with Crippen molar-refractivity contribution in [2.75, 3.05) is 27.2 Å². The third-order valence-corrected chi connectivity index (χ3v) is 13.2. The third kappa shape index (κ3) is 6.13. The van der Waals surface area contributed by atoms with E-state index in [1.165, 1.54) is 62.5 Å². The second-order valence-electron chi connectivity index (χ2n) is 14.8. The average Bonchev–Trinajstić information content (AvgIpc) is 4.09. The van der Waals surface area contributed by atoms with Crippen LogP contribution in [0.25, 0.3) is 33.2 Å². The number of aromatic nitrogens is 4. The molecule has 3 fully saturated rings. The summed E-state index contributed by atoms with van der Waals surface area (Å²) in [5.41, 5.74) is 8.09. The number of fused-ring (bicyclic) bond motifs is 6. The fraction of sp³-hybridized carbons (Fsp3) is 0.463. The Hall–Kier alpha value is -4.55. The molecule has 6 heterocycles. The molecule has 11 nitrogen and oxygen atoms in total. The van der Waals surface area contributed by atoms with Gasteiger partial charge in [0.25, 0.3) is 11.8 Å². The van der Waals surface area contributed by atoms with E-state index >= 15 is 0 Å². The van der Waals surface area contributed by atoms with Crippen molar-refractivity contribution < 1.29 is 18.0 Å². The molecule has 10 rings (SSSR count). The predicted molar refractivity (Wildman–Crippen MR) is 206 cm³/mol. The number of carbonyl (C=O) groups excluding carboxylic acids is 2. The Balaban J connectivity index is 0.000000149. The second kappa shape index (κ2) is 14.0. The van der Waals surface area contributed by atoms with Crippen LogP contribution in [0.2, 0.25) is 0 Å². The van der Waals surface area contributed by atoms with Crippen molar-refractivity contribution in [2.24, 2.45) is 0 Å². The van der Waals surface area contributed by atoms with Crippen molar-refractivity contribution in [3.8, 4) is 11.1 Å². The molecule has 0 atom stereocenters. The van der Waals surface area contributed by atoms with Gasteiger partial charge in [-0.2, -0.15) is 0 Å². The molecular formula is C41H49N7O4S. The summed E-state index contributed by atoms with van der Waals surface area (Å²) in [6.45, 7) is 7.20. The maximum absolute atomic E-state index is 13.4. The summed E-state index contributed by atoms with van der Waals surface area (Å²) in [6.07, 6.45) is 13.0. The van der Waals surface area contributed by atoms with E-state index in [2.05, 4.69) is 25.5 Å². The number of hydrogen-bond donors (Lipinski definition) is 0. The number of amides is 2. The van der Waals surface area contributed by atoms with Crippen molar-refractivity contribution in [3.63, 3.8) is 0 Å². The van der Waals surface area contributed by atoms with Gasteiger partial charge in [-0.25, -0.2) is 12.7 Å². The maximum atomic E-state index is 13.4. The Morgan fingerprint density at radius 1 is 0.679 bits per heavy atom. The number of sulfonamides is 1. The molecule has 0 unspecified atom stereocenters. The van der Waals surface area contributed by atoms with Crippen molar-refractivity contribution in [1.82, 2.24) is 33.2 Å². The quantitative estimate of drug-likeness (QED) is 0.187. The number of hydrogen-bond acceptors (Lipinski definition) is 6. The highest BCUT2D eigenvalue weighted by molar-refractivity contribution is 7.89. The predicted octanol–water partition coefficient (Wildman–Crippen LogP) is 6.91. The summed E-state index contributed by atoms with van der Waals surface area (Å²) in [7, 11) is -0.562. The zero-order valence-corrected chi connectivity index (χ0v) is 32.0. The van der Waals surface area contributed by atoms with Gasteiger partial charge in [0.05, 0.1) is 27.0 Å². The zero-order valence-electron chi connectivity index (χ0n) is 31.2. The highest BCUT2D eigenvalue weighted by Crippen LogP contribution is 2.43. The van der Waals surface area contributed by atoms with Crippen LogP contribution in [0.5, 0.6) is 0 Å². The monoisotopic (exact) mass is 735 g/mol. The summed E-state index contributed by atoms with van der Waals surface area (Å²) in [5, 5.41) is 0. The number of carbonyl (C=O) groups is 2. The first-order chi connectivity index (χ1) is 25.7. The number of rotatable bonds is 6. The molecule has 1 aromatic carbocycles. The van der Waals surface area contributed by atoms with Crippen molar-refractivity contribution in [2.45, 2.75) is 101 Å². The summed E-state index contributed by atoms with van der Waals surface area (Å²) in [5.74, 6) is 0.790. The Labute approximate surface area is 311 Å². The van der Waals surface area contributed by atoms with Gasteiger partial charge in [-0.05, 0) is 86.4 Å². The van der Waals surface area contributed by atoms with Crippen LogP contribution in [0.15, 0.2) is 65.8 Å². The Morgan fingerprint density at radius 3 is 1.81 bits per heavy atom. The van der Waals surface area contributed by atoms with Crippen LogP contribution in [0, 0.1) is 0 Å². The molecule has 5 aliphatic rings. The molecule has 12 heteroatoms. The van der Waals surface area contributed by atoms with E-state index in [-0.39, 0.29) is 16.7 Å². The maximum Gasteiger partial charge on any atom is 0.271 e. The lowest BCUT2D eigenvalue weighted by Gasteiger charge is -2.30. The summed E-state index contributed by atoms with van der Waals surface area (Å²) in [6, 6.07) is 15.6. The molecule has 2 aliphatic heterocycles. The Kier molecular flexibility index (Phi) is 9.39. The van der Waals surface area contributed by atoms with Gasteiger partial charge in [0.15, 0.2) is 0 Å². The van der Waals surface area contributed by atoms with Crippen molar-refractivity contribution in [1.29, 1.82) is 0 Å². The van der Waals surface area contributed by atoms with Gasteiger partial charge in [-0.3, -0.25) is 19.6 Å². The van der Waals surface area contributed by atoms with E-state index in [0.29, 0.717) is 41.4 Å². The van der Waals surface area contributed by atoms with Crippen LogP contribution in [0.1, 0.15) is 97.7 Å². The van der Waals surface area contributed by atoms with Crippen LogP contribution >= 0.6 is 0 Å². The fourth-order valence-electron chi connectivity index (χ4n) is 8.55. The third-order valence-electron chi connectivity index (χ3n) is 11.4. The van der Waals surface area contributed by atoms with Gasteiger partial charge < -0.3 is 18.9 Å². The summed E-state index contributed by atoms with van der Waals surface area (Å²) < 4.78 is 30.8. The van der Waals surface area contributed by atoms with Crippen LogP contribution in [-0.4, -0.2) is 92.7 Å². The minimum absolute atomic E-state index is 0.00706. The SMILES string of the molecule is CC.CN(C)S(=O)(=O)c1cccc(-c2c3n(c4cccnc24)CCN(C2CC2)C3=O)c1.O=C1c2c(C3CCCC3)c3ncccc3n2CCN1C1CC1. The average molecular weight is 736 g/mol. The molecule has 0 bridgehead atoms. The van der Waals surface area contributed by atoms with Gasteiger partial charge in [0.2, 0.25) is 10.0 Å². The Bertz CT molecular complexity index is 2310. The molecule has 0 N–H and O–H groups in total. The van der Waals surface area contributed by atoms with E-state index < -0.39 is 10.0 Å². The number of pyridine rings is 2. The van der Waals surface area contributed by atoms with Crippen LogP contribution in [0.3, 0.4) is 0 Å². The second-order valence-corrected chi connectivity index (χ2v) is 16.9. The van der Waals surface area contributed by atoms with Gasteiger partial charge in [-0.1, -0.05) is 38.8 Å². The smallest absolute Gasteiger partial charge is 0.271 e. The minimum Gasteiger partial charge on any atom is -0.333 e. The fourth-order valence-corrected chi connectivity index (χ4v) is 9.50. The van der Waals surface area contributed by atoms with Crippen molar-refractivity contribution in [3.05, 3.63) is 77.9 Å². The molecule has 5 aromatic rings. The van der Waals surface area contributed by atoms with Gasteiger partial charge in [-0.15, -0.1) is 0 Å². The number of nitrogens with zero attached hydrogens (tertiary/aromatic N) is 7. The molecule has 4 aromatic heterocycles. The lowest BCUT2D eigenvalue weighted by Crippen LogP contribution is -2.42. The summed E-state index contributed by atoms with van der Waals surface area (Å²) in [4.78, 5) is 40.0. The molecule has 2 amide bonds. The van der Waals surface area contributed by atoms with Crippen LogP contribution in [-0.2, 0) is 23.1 Å². The molecule has 3 saturated carbocycles. The van der Waals surface area contributed by atoms with E-state index in [0.717, 1.165) is 60.2 Å². The lowest BCUT2D eigenvalue weighted by atomic mass is 9.95. The van der Waals surface area contributed by atoms with Crippen molar-refractivity contribution >= 4 is 43.9 Å². The first-order valence-corrected chi connectivity index (χ1v) is 20.8. The normalized spacial score (nSPS) is 18.9. The standard InChI is InChI=1S/C21H22N4O3S.C18H21N3O.C2H6/c1-23(2)29(27,28)16-6-3-5-14(13-16)18-19-17(7-4-10-22-19)25-12-11-24(15-8-9-15)21(26)20(18)25;22-18-17-15(12-4-1-2-5-12)16-14(6-3-9-19-16)21(17)11-10-20(18)13-7-8-13;1-2/h3-7,10,13,15H,8-9,11-12H2,1-2H3;3,6,9,12-13H,1-2,4-5,7-8,10-11H2;1-2H3. The van der Waals surface area contributed by atoms with Gasteiger partial charge >= 0.3 is 0 Å². The molecule has 278 valence electrons. The topological polar surface area (TPSA) is 114 Å². The highest BCUT2D eigenvalue weighted by Gasteiger charge is 2.41. The van der Waals surface area contributed by atoms with E-state index in [4.69, 9.17) is 0 Å². The molecule has 0 spiro atoms.